The zero-order valence-electron chi connectivity index (χ0n) is 10.3. The van der Waals surface area contributed by atoms with E-state index in [2.05, 4.69) is 24.1 Å². The van der Waals surface area contributed by atoms with E-state index in [-0.39, 0.29) is 5.91 Å². The average molecular weight is 224 g/mol. The summed E-state index contributed by atoms with van der Waals surface area (Å²) in [5.74, 6) is 0.775. The fourth-order valence-electron chi connectivity index (χ4n) is 2.34. The molecule has 1 fully saturated rings. The third-order valence-corrected chi connectivity index (χ3v) is 3.32. The van der Waals surface area contributed by atoms with Gasteiger partial charge in [-0.05, 0) is 25.7 Å². The Hall–Kier alpha value is -0.830. The number of carbonyl (C=O) groups is 1. The van der Waals surface area contributed by atoms with E-state index in [9.17, 15) is 4.79 Å². The first-order valence-electron chi connectivity index (χ1n) is 6.35. The molecular weight excluding hydrogens is 200 g/mol. The molecule has 1 saturated carbocycles. The maximum Gasteiger partial charge on any atom is 0.234 e. The highest BCUT2D eigenvalue weighted by molar-refractivity contribution is 5.78. The van der Waals surface area contributed by atoms with Crippen molar-refractivity contribution in [2.75, 3.05) is 13.1 Å². The zero-order valence-corrected chi connectivity index (χ0v) is 10.3. The zero-order chi connectivity index (χ0) is 11.8. The van der Waals surface area contributed by atoms with Crippen LogP contribution in [-0.4, -0.2) is 25.0 Å². The average Bonchev–Trinajstić information content (AvgIpc) is 2.30. The van der Waals surface area contributed by atoms with Gasteiger partial charge in [0.15, 0.2) is 0 Å². The lowest BCUT2D eigenvalue weighted by Crippen LogP contribution is -2.43. The summed E-state index contributed by atoms with van der Waals surface area (Å²) in [6.45, 7) is 6.80. The highest BCUT2D eigenvalue weighted by Crippen LogP contribution is 2.26. The molecular formula is C13H24N2O. The second-order valence-corrected chi connectivity index (χ2v) is 4.67. The van der Waals surface area contributed by atoms with E-state index < -0.39 is 0 Å². The quantitative estimate of drug-likeness (QED) is 0.534. The Kier molecular flexibility index (Phi) is 6.16. The van der Waals surface area contributed by atoms with Gasteiger partial charge >= 0.3 is 0 Å². The lowest BCUT2D eigenvalue weighted by atomic mass is 9.84. The maximum absolute atomic E-state index is 11.6. The Morgan fingerprint density at radius 3 is 2.75 bits per heavy atom. The Morgan fingerprint density at radius 1 is 1.44 bits per heavy atom. The molecule has 3 heteroatoms. The van der Waals surface area contributed by atoms with Gasteiger partial charge in [0.25, 0.3) is 0 Å². The van der Waals surface area contributed by atoms with Crippen LogP contribution in [-0.2, 0) is 4.79 Å². The van der Waals surface area contributed by atoms with Crippen LogP contribution in [0.5, 0.6) is 0 Å². The van der Waals surface area contributed by atoms with Crippen LogP contribution in [0.25, 0.3) is 0 Å². The lowest BCUT2D eigenvalue weighted by molar-refractivity contribution is -0.121. The van der Waals surface area contributed by atoms with E-state index in [0.717, 1.165) is 0 Å². The molecule has 92 valence electrons. The molecule has 16 heavy (non-hydrogen) atoms. The van der Waals surface area contributed by atoms with Gasteiger partial charge in [-0.2, -0.15) is 0 Å². The SMILES string of the molecule is C=CCNCC(=O)N[C@H](C)C1CCCCC1. The van der Waals surface area contributed by atoms with E-state index in [4.69, 9.17) is 0 Å². The van der Waals surface area contributed by atoms with Crippen LogP contribution in [0.15, 0.2) is 12.7 Å². The molecule has 0 aliphatic heterocycles. The Balaban J connectivity index is 2.18. The van der Waals surface area contributed by atoms with Gasteiger partial charge in [0.1, 0.15) is 0 Å². The summed E-state index contributed by atoms with van der Waals surface area (Å²) in [5, 5.41) is 6.09. The normalized spacial score (nSPS) is 19.1. The van der Waals surface area contributed by atoms with Crippen LogP contribution in [0.1, 0.15) is 39.0 Å². The summed E-state index contributed by atoms with van der Waals surface area (Å²) >= 11 is 0. The summed E-state index contributed by atoms with van der Waals surface area (Å²) in [5.41, 5.74) is 0. The molecule has 0 aromatic heterocycles. The van der Waals surface area contributed by atoms with Crippen molar-refractivity contribution >= 4 is 5.91 Å². The van der Waals surface area contributed by atoms with E-state index in [1.54, 1.807) is 6.08 Å². The van der Waals surface area contributed by atoms with E-state index in [1.165, 1.54) is 32.1 Å². The van der Waals surface area contributed by atoms with Crippen molar-refractivity contribution < 1.29 is 4.79 Å². The summed E-state index contributed by atoms with van der Waals surface area (Å²) in [7, 11) is 0. The molecule has 0 saturated heterocycles. The largest absolute Gasteiger partial charge is 0.352 e. The first kappa shape index (κ1) is 13.2. The minimum Gasteiger partial charge on any atom is -0.352 e. The summed E-state index contributed by atoms with van der Waals surface area (Å²) < 4.78 is 0. The van der Waals surface area contributed by atoms with Crippen LogP contribution in [0, 0.1) is 5.92 Å². The van der Waals surface area contributed by atoms with Gasteiger partial charge in [-0.1, -0.05) is 25.3 Å². The molecule has 0 radical (unpaired) electrons. The molecule has 1 aliphatic rings. The molecule has 3 nitrogen and oxygen atoms in total. The predicted octanol–water partition coefficient (Wildman–Crippen LogP) is 1.85. The molecule has 0 aromatic carbocycles. The van der Waals surface area contributed by atoms with Gasteiger partial charge in [-0.25, -0.2) is 0 Å². The third kappa shape index (κ3) is 4.79. The molecule has 2 N–H and O–H groups in total. The first-order chi connectivity index (χ1) is 7.74. The van der Waals surface area contributed by atoms with Crippen molar-refractivity contribution in [3.05, 3.63) is 12.7 Å². The van der Waals surface area contributed by atoms with Crippen LogP contribution in [0.2, 0.25) is 0 Å². The van der Waals surface area contributed by atoms with Gasteiger partial charge in [0.05, 0.1) is 6.54 Å². The number of rotatable bonds is 6. The number of hydrogen-bond acceptors (Lipinski definition) is 2. The molecule has 0 heterocycles. The highest BCUT2D eigenvalue weighted by atomic mass is 16.1. The molecule has 1 amide bonds. The van der Waals surface area contributed by atoms with Crippen LogP contribution < -0.4 is 10.6 Å². The van der Waals surface area contributed by atoms with Gasteiger partial charge in [0.2, 0.25) is 5.91 Å². The van der Waals surface area contributed by atoms with E-state index in [0.29, 0.717) is 25.0 Å². The molecule has 1 aliphatic carbocycles. The molecule has 0 aromatic rings. The maximum atomic E-state index is 11.6. The summed E-state index contributed by atoms with van der Waals surface area (Å²) in [6, 6.07) is 0.318. The first-order valence-corrected chi connectivity index (χ1v) is 6.35. The second kappa shape index (κ2) is 7.44. The van der Waals surface area contributed by atoms with Gasteiger partial charge < -0.3 is 10.6 Å². The molecule has 0 spiro atoms. The van der Waals surface area contributed by atoms with Crippen molar-refractivity contribution in [2.45, 2.75) is 45.1 Å². The number of amides is 1. The summed E-state index contributed by atoms with van der Waals surface area (Å²) in [6.07, 6.45) is 8.29. The Morgan fingerprint density at radius 2 is 2.12 bits per heavy atom. The van der Waals surface area contributed by atoms with Crippen LogP contribution in [0.3, 0.4) is 0 Å². The third-order valence-electron chi connectivity index (χ3n) is 3.32. The fourth-order valence-corrected chi connectivity index (χ4v) is 2.34. The number of nitrogens with one attached hydrogen (secondary N) is 2. The highest BCUT2D eigenvalue weighted by Gasteiger charge is 2.20. The van der Waals surface area contributed by atoms with Crippen molar-refractivity contribution in [1.82, 2.24) is 10.6 Å². The smallest absolute Gasteiger partial charge is 0.234 e. The number of carbonyl (C=O) groups excluding carboxylic acids is 1. The Bertz CT molecular complexity index is 222. The second-order valence-electron chi connectivity index (χ2n) is 4.67. The van der Waals surface area contributed by atoms with Gasteiger partial charge in [-0.3, -0.25) is 4.79 Å². The molecule has 1 atom stereocenters. The van der Waals surface area contributed by atoms with Crippen molar-refractivity contribution in [2.24, 2.45) is 5.92 Å². The van der Waals surface area contributed by atoms with E-state index >= 15 is 0 Å². The minimum absolute atomic E-state index is 0.0972. The molecule has 1 rings (SSSR count). The fraction of sp³-hybridized carbons (Fsp3) is 0.769. The standard InChI is InChI=1S/C13H24N2O/c1-3-9-14-10-13(16)15-11(2)12-7-5-4-6-8-12/h3,11-12,14H,1,4-10H2,2H3,(H,15,16)/t11-/m1/s1. The lowest BCUT2D eigenvalue weighted by Gasteiger charge is -2.28. The van der Waals surface area contributed by atoms with Crippen LogP contribution >= 0.6 is 0 Å². The Labute approximate surface area is 98.7 Å². The van der Waals surface area contributed by atoms with Gasteiger partial charge in [-0.15, -0.1) is 6.58 Å². The van der Waals surface area contributed by atoms with Gasteiger partial charge in [0, 0.05) is 12.6 Å². The predicted molar refractivity (Wildman–Crippen MR) is 67.2 cm³/mol. The minimum atomic E-state index is 0.0972. The van der Waals surface area contributed by atoms with Crippen molar-refractivity contribution in [3.8, 4) is 0 Å². The molecule has 0 unspecified atom stereocenters. The van der Waals surface area contributed by atoms with E-state index in [1.807, 2.05) is 0 Å². The topological polar surface area (TPSA) is 41.1 Å². The van der Waals surface area contributed by atoms with Crippen molar-refractivity contribution in [1.29, 1.82) is 0 Å². The monoisotopic (exact) mass is 224 g/mol. The molecule has 0 bridgehead atoms. The van der Waals surface area contributed by atoms with Crippen LogP contribution in [0.4, 0.5) is 0 Å². The summed E-state index contributed by atoms with van der Waals surface area (Å²) in [4.78, 5) is 11.6. The number of hydrogen-bond donors (Lipinski definition) is 2. The van der Waals surface area contributed by atoms with Crippen molar-refractivity contribution in [3.63, 3.8) is 0 Å².